The number of carbonyl (C=O) groups is 2. The maximum Gasteiger partial charge on any atom is 0.242 e. The lowest BCUT2D eigenvalue weighted by Crippen LogP contribution is -2.38. The Hall–Kier alpha value is -1.91. The Balaban J connectivity index is 1.68. The van der Waals surface area contributed by atoms with Crippen LogP contribution in [-0.4, -0.2) is 35.3 Å². The van der Waals surface area contributed by atoms with Crippen molar-refractivity contribution in [2.75, 3.05) is 13.6 Å². The summed E-state index contributed by atoms with van der Waals surface area (Å²) in [6.07, 6.45) is 8.28. The molecule has 1 aromatic rings. The standard InChI is InChI=1S/C17H25N3O2/c1-20(13-15-9-5-6-10-18-15)17(22)12-19-16(21)11-14-7-3-2-4-8-14/h5-6,9-10,14H,2-4,7-8,11-13H2,1H3,(H,19,21). The van der Waals surface area contributed by atoms with Crippen LogP contribution in [0.5, 0.6) is 0 Å². The van der Waals surface area contributed by atoms with Gasteiger partial charge in [-0.2, -0.15) is 0 Å². The number of likely N-dealkylation sites (N-methyl/N-ethyl adjacent to an activating group) is 1. The summed E-state index contributed by atoms with van der Waals surface area (Å²) in [6.45, 7) is 0.521. The Bertz CT molecular complexity index is 484. The first-order valence-electron chi connectivity index (χ1n) is 8.05. The molecule has 2 rings (SSSR count). The molecule has 1 fully saturated rings. The van der Waals surface area contributed by atoms with E-state index in [0.717, 1.165) is 18.5 Å². The Morgan fingerprint density at radius 1 is 1.27 bits per heavy atom. The van der Waals surface area contributed by atoms with Gasteiger partial charge in [-0.3, -0.25) is 14.6 Å². The van der Waals surface area contributed by atoms with E-state index < -0.39 is 0 Å². The molecule has 1 heterocycles. The van der Waals surface area contributed by atoms with Crippen molar-refractivity contribution in [3.05, 3.63) is 30.1 Å². The van der Waals surface area contributed by atoms with Crippen molar-refractivity contribution in [1.82, 2.24) is 15.2 Å². The van der Waals surface area contributed by atoms with Crippen molar-refractivity contribution < 1.29 is 9.59 Å². The van der Waals surface area contributed by atoms with Crippen molar-refractivity contribution in [3.8, 4) is 0 Å². The Labute approximate surface area is 132 Å². The molecule has 1 aliphatic carbocycles. The summed E-state index contributed by atoms with van der Waals surface area (Å²) >= 11 is 0. The van der Waals surface area contributed by atoms with Gasteiger partial charge in [0.1, 0.15) is 0 Å². The number of aromatic nitrogens is 1. The first-order chi connectivity index (χ1) is 10.6. The third-order valence-electron chi connectivity index (χ3n) is 4.19. The van der Waals surface area contributed by atoms with Crippen LogP contribution in [0.3, 0.4) is 0 Å². The monoisotopic (exact) mass is 303 g/mol. The highest BCUT2D eigenvalue weighted by atomic mass is 16.2. The van der Waals surface area contributed by atoms with Gasteiger partial charge in [-0.1, -0.05) is 25.3 Å². The van der Waals surface area contributed by atoms with Crippen LogP contribution in [0.15, 0.2) is 24.4 Å². The molecular formula is C17H25N3O2. The average Bonchev–Trinajstić information content (AvgIpc) is 2.54. The fourth-order valence-electron chi connectivity index (χ4n) is 2.86. The number of amides is 2. The molecule has 0 aliphatic heterocycles. The minimum atomic E-state index is -0.0948. The topological polar surface area (TPSA) is 62.3 Å². The summed E-state index contributed by atoms with van der Waals surface area (Å²) in [7, 11) is 1.73. The molecule has 0 radical (unpaired) electrons. The Morgan fingerprint density at radius 2 is 2.05 bits per heavy atom. The molecule has 5 nitrogen and oxygen atoms in total. The SMILES string of the molecule is CN(Cc1ccccn1)C(=O)CNC(=O)CC1CCCCC1. The molecule has 0 saturated heterocycles. The highest BCUT2D eigenvalue weighted by Crippen LogP contribution is 2.25. The van der Waals surface area contributed by atoms with E-state index in [-0.39, 0.29) is 18.4 Å². The average molecular weight is 303 g/mol. The van der Waals surface area contributed by atoms with E-state index >= 15 is 0 Å². The molecule has 1 aromatic heterocycles. The van der Waals surface area contributed by atoms with Crippen LogP contribution >= 0.6 is 0 Å². The molecule has 0 atom stereocenters. The summed E-state index contributed by atoms with van der Waals surface area (Å²) in [5.74, 6) is 0.393. The Kier molecular flexibility index (Phi) is 6.37. The molecule has 0 aromatic carbocycles. The molecule has 22 heavy (non-hydrogen) atoms. The first-order valence-corrected chi connectivity index (χ1v) is 8.05. The zero-order valence-corrected chi connectivity index (χ0v) is 13.3. The van der Waals surface area contributed by atoms with Gasteiger partial charge >= 0.3 is 0 Å². The van der Waals surface area contributed by atoms with Crippen molar-refractivity contribution in [2.45, 2.75) is 45.1 Å². The van der Waals surface area contributed by atoms with Crippen LogP contribution in [0.1, 0.15) is 44.2 Å². The minimum Gasteiger partial charge on any atom is -0.347 e. The molecule has 120 valence electrons. The maximum absolute atomic E-state index is 12.0. The van der Waals surface area contributed by atoms with E-state index in [2.05, 4.69) is 10.3 Å². The van der Waals surface area contributed by atoms with E-state index in [1.165, 1.54) is 19.3 Å². The lowest BCUT2D eigenvalue weighted by Gasteiger charge is -2.21. The van der Waals surface area contributed by atoms with Gasteiger partial charge in [-0.15, -0.1) is 0 Å². The zero-order chi connectivity index (χ0) is 15.8. The second kappa shape index (κ2) is 8.51. The third kappa shape index (κ3) is 5.47. The number of nitrogens with one attached hydrogen (secondary N) is 1. The van der Waals surface area contributed by atoms with Crippen LogP contribution in [0, 0.1) is 5.92 Å². The quantitative estimate of drug-likeness (QED) is 0.875. The lowest BCUT2D eigenvalue weighted by molar-refractivity contribution is -0.132. The maximum atomic E-state index is 12.0. The third-order valence-corrected chi connectivity index (χ3v) is 4.19. The normalized spacial score (nSPS) is 15.3. The largest absolute Gasteiger partial charge is 0.347 e. The van der Waals surface area contributed by atoms with Gasteiger partial charge in [0.2, 0.25) is 11.8 Å². The number of pyridine rings is 1. The molecule has 5 heteroatoms. The van der Waals surface area contributed by atoms with Gasteiger partial charge in [0.25, 0.3) is 0 Å². The molecule has 1 saturated carbocycles. The smallest absolute Gasteiger partial charge is 0.242 e. The summed E-state index contributed by atoms with van der Waals surface area (Å²) < 4.78 is 0. The predicted molar refractivity (Wildman–Crippen MR) is 84.9 cm³/mol. The van der Waals surface area contributed by atoms with Crippen LogP contribution in [0.25, 0.3) is 0 Å². The highest BCUT2D eigenvalue weighted by molar-refractivity contribution is 5.84. The van der Waals surface area contributed by atoms with Gasteiger partial charge in [-0.25, -0.2) is 0 Å². The van der Waals surface area contributed by atoms with E-state index in [1.807, 2.05) is 18.2 Å². The first kappa shape index (κ1) is 16.5. The fourth-order valence-corrected chi connectivity index (χ4v) is 2.86. The molecule has 1 aliphatic rings. The summed E-state index contributed by atoms with van der Waals surface area (Å²) in [4.78, 5) is 29.7. The number of carbonyl (C=O) groups excluding carboxylic acids is 2. The van der Waals surface area contributed by atoms with Crippen molar-refractivity contribution in [2.24, 2.45) is 5.92 Å². The molecule has 0 bridgehead atoms. The molecule has 0 unspecified atom stereocenters. The second-order valence-electron chi connectivity index (χ2n) is 6.06. The molecule has 2 amide bonds. The number of rotatable bonds is 6. The Morgan fingerprint density at radius 3 is 2.73 bits per heavy atom. The molecule has 1 N–H and O–H groups in total. The van der Waals surface area contributed by atoms with Crippen molar-refractivity contribution in [1.29, 1.82) is 0 Å². The zero-order valence-electron chi connectivity index (χ0n) is 13.3. The number of nitrogens with zero attached hydrogens (tertiary/aromatic N) is 2. The van der Waals surface area contributed by atoms with Gasteiger partial charge in [-0.05, 0) is 30.9 Å². The summed E-state index contributed by atoms with van der Waals surface area (Å²) in [6, 6.07) is 5.62. The van der Waals surface area contributed by atoms with Gasteiger partial charge in [0.05, 0.1) is 18.8 Å². The van der Waals surface area contributed by atoms with Crippen molar-refractivity contribution >= 4 is 11.8 Å². The number of hydrogen-bond acceptors (Lipinski definition) is 3. The van der Waals surface area contributed by atoms with E-state index in [4.69, 9.17) is 0 Å². The van der Waals surface area contributed by atoms with E-state index in [9.17, 15) is 9.59 Å². The lowest BCUT2D eigenvalue weighted by atomic mass is 9.87. The van der Waals surface area contributed by atoms with Gasteiger partial charge in [0.15, 0.2) is 0 Å². The summed E-state index contributed by atoms with van der Waals surface area (Å²) in [5, 5.41) is 2.75. The summed E-state index contributed by atoms with van der Waals surface area (Å²) in [5.41, 5.74) is 0.840. The van der Waals surface area contributed by atoms with Gasteiger partial charge in [0, 0.05) is 19.7 Å². The van der Waals surface area contributed by atoms with Gasteiger partial charge < -0.3 is 10.2 Å². The second-order valence-corrected chi connectivity index (χ2v) is 6.06. The predicted octanol–water partition coefficient (Wildman–Crippen LogP) is 2.13. The van der Waals surface area contributed by atoms with Crippen LogP contribution in [0.2, 0.25) is 0 Å². The van der Waals surface area contributed by atoms with Crippen LogP contribution < -0.4 is 5.32 Å². The molecule has 0 spiro atoms. The molecular weight excluding hydrogens is 278 g/mol. The van der Waals surface area contributed by atoms with Crippen molar-refractivity contribution in [3.63, 3.8) is 0 Å². The number of hydrogen-bond donors (Lipinski definition) is 1. The fraction of sp³-hybridized carbons (Fsp3) is 0.588. The van der Waals surface area contributed by atoms with Crippen LogP contribution in [0.4, 0.5) is 0 Å². The van der Waals surface area contributed by atoms with E-state index in [1.54, 1.807) is 18.1 Å². The minimum absolute atomic E-state index is 0.00788. The highest BCUT2D eigenvalue weighted by Gasteiger charge is 2.18. The van der Waals surface area contributed by atoms with Crippen LogP contribution in [-0.2, 0) is 16.1 Å². The van der Waals surface area contributed by atoms with E-state index in [0.29, 0.717) is 18.9 Å².